The number of hydrogen-bond acceptors (Lipinski definition) is 7. The van der Waals surface area contributed by atoms with E-state index in [-0.39, 0.29) is 6.61 Å². The number of nitriles is 1. The number of benzene rings is 1. The largest absolute Gasteiger partial charge is 0.493 e. The zero-order valence-electron chi connectivity index (χ0n) is 15.4. The van der Waals surface area contributed by atoms with Gasteiger partial charge in [0.1, 0.15) is 18.9 Å². The van der Waals surface area contributed by atoms with Crippen LogP contribution in [0.15, 0.2) is 17.3 Å². The summed E-state index contributed by atoms with van der Waals surface area (Å²) in [7, 11) is 7.63. The Morgan fingerprint density at radius 3 is 2.35 bits per heavy atom. The summed E-state index contributed by atoms with van der Waals surface area (Å²) in [5.41, 5.74) is 3.05. The molecule has 0 unspecified atom stereocenters. The first-order valence-corrected chi connectivity index (χ1v) is 7.66. The van der Waals surface area contributed by atoms with Crippen molar-refractivity contribution in [1.82, 2.24) is 4.98 Å². The van der Waals surface area contributed by atoms with Crippen molar-refractivity contribution < 1.29 is 23.8 Å². The number of oxime groups is 1. The van der Waals surface area contributed by atoms with Gasteiger partial charge in [-0.15, -0.1) is 0 Å². The number of H-pyrrole nitrogens is 1. The maximum atomic E-state index is 9.48. The molecule has 8 nitrogen and oxygen atoms in total. The van der Waals surface area contributed by atoms with Crippen LogP contribution in [0, 0.1) is 11.3 Å². The average Bonchev–Trinajstić information content (AvgIpc) is 3.02. The van der Waals surface area contributed by atoms with Crippen LogP contribution in [0.4, 0.5) is 0 Å². The molecule has 0 bridgehead atoms. The molecule has 0 aliphatic carbocycles. The number of aromatic amines is 1. The molecule has 0 amide bonds. The molecule has 2 aromatic rings. The molecule has 0 saturated heterocycles. The lowest BCUT2D eigenvalue weighted by Gasteiger charge is -2.16. The summed E-state index contributed by atoms with van der Waals surface area (Å²) >= 11 is 0. The van der Waals surface area contributed by atoms with Gasteiger partial charge in [-0.05, 0) is 12.1 Å². The molecule has 0 aliphatic heterocycles. The minimum atomic E-state index is 0.229. The van der Waals surface area contributed by atoms with Crippen LogP contribution in [0.25, 0.3) is 11.1 Å². The van der Waals surface area contributed by atoms with Crippen molar-refractivity contribution in [3.05, 3.63) is 29.1 Å². The van der Waals surface area contributed by atoms with Gasteiger partial charge in [0.15, 0.2) is 11.5 Å². The summed E-state index contributed by atoms with van der Waals surface area (Å²) < 4.78 is 21.7. The number of methoxy groups -OCH3 is 4. The normalized spacial score (nSPS) is 10.6. The molecule has 1 aromatic carbocycles. The van der Waals surface area contributed by atoms with Crippen molar-refractivity contribution in [3.8, 4) is 34.4 Å². The smallest absolute Gasteiger partial charge is 0.203 e. The predicted octanol–water partition coefficient (Wildman–Crippen LogP) is 2.71. The topological polar surface area (TPSA) is 98.1 Å². The molecule has 2 rings (SSSR count). The highest BCUT2D eigenvalue weighted by Gasteiger charge is 2.24. The molecule has 26 heavy (non-hydrogen) atoms. The fourth-order valence-corrected chi connectivity index (χ4v) is 2.75. The van der Waals surface area contributed by atoms with Crippen LogP contribution in [0.5, 0.6) is 17.2 Å². The van der Waals surface area contributed by atoms with Gasteiger partial charge in [0.25, 0.3) is 0 Å². The molecule has 0 aliphatic rings. The molecular formula is C18H21N3O5. The van der Waals surface area contributed by atoms with Crippen LogP contribution < -0.4 is 14.2 Å². The fourth-order valence-electron chi connectivity index (χ4n) is 2.75. The van der Waals surface area contributed by atoms with Crippen molar-refractivity contribution >= 4 is 6.21 Å². The molecule has 0 radical (unpaired) electrons. The van der Waals surface area contributed by atoms with Crippen LogP contribution in [0.2, 0.25) is 0 Å². The van der Waals surface area contributed by atoms with Gasteiger partial charge in [0.05, 0.1) is 39.8 Å². The molecule has 0 spiro atoms. The van der Waals surface area contributed by atoms with Gasteiger partial charge in [0.2, 0.25) is 5.75 Å². The van der Waals surface area contributed by atoms with Gasteiger partial charge in [-0.1, -0.05) is 5.16 Å². The summed E-state index contributed by atoms with van der Waals surface area (Å²) in [6.45, 7) is 0.229. The van der Waals surface area contributed by atoms with Crippen LogP contribution >= 0.6 is 0 Å². The van der Waals surface area contributed by atoms with Crippen molar-refractivity contribution in [2.45, 2.75) is 6.61 Å². The first-order valence-electron chi connectivity index (χ1n) is 7.66. The van der Waals surface area contributed by atoms with Gasteiger partial charge in [0, 0.05) is 23.8 Å². The highest BCUT2D eigenvalue weighted by Crippen LogP contribution is 2.46. The zero-order chi connectivity index (χ0) is 19.1. The molecule has 1 N–H and O–H groups in total. The average molecular weight is 359 g/mol. The first-order chi connectivity index (χ1) is 12.7. The lowest BCUT2D eigenvalue weighted by Crippen LogP contribution is -1.99. The second-order valence-electron chi connectivity index (χ2n) is 5.11. The van der Waals surface area contributed by atoms with Crippen LogP contribution in [-0.4, -0.2) is 46.7 Å². The van der Waals surface area contributed by atoms with E-state index in [0.717, 1.165) is 0 Å². The van der Waals surface area contributed by atoms with E-state index in [9.17, 15) is 5.26 Å². The minimum absolute atomic E-state index is 0.229. The standard InChI is InChI=1S/C18H21N3O5/c1-22-10-12-13(8-19)21-14(9-20-26-5)16(12)11-6-7-15(23-2)18(25-4)17(11)24-3/h6-7,9,21H,10H2,1-5H3/b20-9+. The van der Waals surface area contributed by atoms with Crippen LogP contribution in [0.1, 0.15) is 17.0 Å². The summed E-state index contributed by atoms with van der Waals surface area (Å²) in [6.07, 6.45) is 1.49. The van der Waals surface area contributed by atoms with Gasteiger partial charge in [-0.2, -0.15) is 5.26 Å². The van der Waals surface area contributed by atoms with Gasteiger partial charge < -0.3 is 28.8 Å². The van der Waals surface area contributed by atoms with E-state index >= 15 is 0 Å². The Morgan fingerprint density at radius 1 is 1.08 bits per heavy atom. The Bertz CT molecular complexity index is 836. The maximum Gasteiger partial charge on any atom is 0.203 e. The Labute approximate surface area is 151 Å². The lowest BCUT2D eigenvalue weighted by molar-refractivity contribution is 0.185. The van der Waals surface area contributed by atoms with Crippen molar-refractivity contribution in [1.29, 1.82) is 5.26 Å². The molecule has 0 fully saturated rings. The quantitative estimate of drug-likeness (QED) is 0.575. The summed E-state index contributed by atoms with van der Waals surface area (Å²) in [4.78, 5) is 7.81. The molecular weight excluding hydrogens is 338 g/mol. The number of ether oxygens (including phenoxy) is 4. The third-order valence-electron chi connectivity index (χ3n) is 3.79. The van der Waals surface area contributed by atoms with E-state index in [4.69, 9.17) is 23.8 Å². The summed E-state index contributed by atoms with van der Waals surface area (Å²) in [5.74, 6) is 1.45. The van der Waals surface area contributed by atoms with E-state index in [1.165, 1.54) is 27.5 Å². The number of nitrogens with zero attached hydrogens (tertiary/aromatic N) is 2. The maximum absolute atomic E-state index is 9.48. The van der Waals surface area contributed by atoms with E-state index in [2.05, 4.69) is 16.2 Å². The fraction of sp³-hybridized carbons (Fsp3) is 0.333. The molecule has 0 saturated carbocycles. The van der Waals surface area contributed by atoms with Gasteiger partial charge in [-0.3, -0.25) is 0 Å². The van der Waals surface area contributed by atoms with Crippen LogP contribution in [-0.2, 0) is 16.2 Å². The minimum Gasteiger partial charge on any atom is -0.493 e. The molecule has 1 heterocycles. The highest BCUT2D eigenvalue weighted by atomic mass is 16.6. The third kappa shape index (κ3) is 3.43. The number of aromatic nitrogens is 1. The third-order valence-corrected chi connectivity index (χ3v) is 3.79. The van der Waals surface area contributed by atoms with Crippen molar-refractivity contribution in [2.75, 3.05) is 35.5 Å². The van der Waals surface area contributed by atoms with Gasteiger partial charge in [-0.25, -0.2) is 0 Å². The second-order valence-corrected chi connectivity index (χ2v) is 5.11. The Balaban J connectivity index is 2.84. The lowest BCUT2D eigenvalue weighted by atomic mass is 9.98. The molecule has 0 atom stereocenters. The first kappa shape index (κ1) is 19.1. The van der Waals surface area contributed by atoms with E-state index in [1.807, 2.05) is 6.07 Å². The molecule has 1 aromatic heterocycles. The SMILES string of the molecule is COCc1c(C#N)[nH]c(/C=N/OC)c1-c1ccc(OC)c(OC)c1OC. The highest BCUT2D eigenvalue weighted by molar-refractivity contribution is 5.93. The van der Waals surface area contributed by atoms with E-state index < -0.39 is 0 Å². The molecule has 138 valence electrons. The van der Waals surface area contributed by atoms with Gasteiger partial charge >= 0.3 is 0 Å². The number of hydrogen-bond donors (Lipinski definition) is 1. The van der Waals surface area contributed by atoms with Crippen LogP contribution in [0.3, 0.4) is 0 Å². The molecule has 8 heteroatoms. The van der Waals surface area contributed by atoms with Crippen molar-refractivity contribution in [3.63, 3.8) is 0 Å². The summed E-state index contributed by atoms with van der Waals surface area (Å²) in [6, 6.07) is 5.74. The second kappa shape index (κ2) is 8.78. The summed E-state index contributed by atoms with van der Waals surface area (Å²) in [5, 5.41) is 13.3. The Kier molecular flexibility index (Phi) is 6.47. The number of rotatable bonds is 8. The predicted molar refractivity (Wildman–Crippen MR) is 95.9 cm³/mol. The monoisotopic (exact) mass is 359 g/mol. The van der Waals surface area contributed by atoms with E-state index in [0.29, 0.717) is 45.3 Å². The Morgan fingerprint density at radius 2 is 1.81 bits per heavy atom. The number of nitrogens with one attached hydrogen (secondary N) is 1. The Hall–Kier alpha value is -3.18. The zero-order valence-corrected chi connectivity index (χ0v) is 15.4. The van der Waals surface area contributed by atoms with Crippen molar-refractivity contribution in [2.24, 2.45) is 5.16 Å². The van der Waals surface area contributed by atoms with E-state index in [1.54, 1.807) is 20.3 Å².